The van der Waals surface area contributed by atoms with E-state index in [0.29, 0.717) is 17.4 Å². The molecular weight excluding hydrogens is 354 g/mol. The summed E-state index contributed by atoms with van der Waals surface area (Å²) in [6.45, 7) is 5.82. The second kappa shape index (κ2) is 7.12. The first-order chi connectivity index (χ1) is 13.5. The highest BCUT2D eigenvalue weighted by atomic mass is 16.2. The van der Waals surface area contributed by atoms with Gasteiger partial charge in [0.25, 0.3) is 5.56 Å². The van der Waals surface area contributed by atoms with Crippen LogP contribution in [0.15, 0.2) is 29.1 Å². The van der Waals surface area contributed by atoms with E-state index in [1.165, 1.54) is 0 Å². The average molecular weight is 377 g/mol. The number of aryl methyl sites for hydroxylation is 1. The molecule has 1 amide bonds. The van der Waals surface area contributed by atoms with Crippen LogP contribution in [0, 0.1) is 30.1 Å². The number of nitrogens with zero attached hydrogens (tertiary/aromatic N) is 3. The molecule has 0 spiro atoms. The van der Waals surface area contributed by atoms with Gasteiger partial charge in [0.2, 0.25) is 11.9 Å². The molecular formula is C21H23N5O2. The van der Waals surface area contributed by atoms with Crippen molar-refractivity contribution in [1.29, 1.82) is 5.26 Å². The fourth-order valence-electron chi connectivity index (χ4n) is 4.00. The number of hydrogen-bond donors (Lipinski definition) is 2. The molecule has 1 saturated heterocycles. The Labute approximate surface area is 163 Å². The molecule has 2 aliphatic rings. The summed E-state index contributed by atoms with van der Waals surface area (Å²) < 4.78 is 0. The Morgan fingerprint density at radius 2 is 1.86 bits per heavy atom. The first kappa shape index (κ1) is 18.2. The number of fused-ring (bicyclic) bond motifs is 1. The van der Waals surface area contributed by atoms with Gasteiger partial charge in [-0.1, -0.05) is 36.8 Å². The number of nitrogens with one attached hydrogen (secondary N) is 2. The van der Waals surface area contributed by atoms with Gasteiger partial charge in [-0.2, -0.15) is 10.2 Å². The molecule has 0 radical (unpaired) electrons. The van der Waals surface area contributed by atoms with Gasteiger partial charge >= 0.3 is 0 Å². The number of benzene rings is 1. The normalized spacial score (nSPS) is 22.3. The molecule has 0 bridgehead atoms. The largest absolute Gasteiger partial charge is 0.342 e. The topological polar surface area (TPSA) is 102 Å². The minimum absolute atomic E-state index is 0.263. The van der Waals surface area contributed by atoms with Gasteiger partial charge in [0.15, 0.2) is 0 Å². The number of H-pyrrole nitrogens is 1. The number of aromatic nitrogens is 2. The van der Waals surface area contributed by atoms with Gasteiger partial charge in [-0.15, -0.1) is 0 Å². The van der Waals surface area contributed by atoms with Gasteiger partial charge in [0, 0.05) is 19.0 Å². The molecule has 1 fully saturated rings. The van der Waals surface area contributed by atoms with Crippen LogP contribution in [-0.2, 0) is 4.79 Å². The first-order valence-electron chi connectivity index (χ1n) is 9.64. The molecule has 4 rings (SSSR count). The molecule has 2 unspecified atom stereocenters. The molecule has 2 N–H and O–H groups in total. The SMILES string of the molecule is Cc1ccc(C2c3c(nc(N4CCC(C)CC4)[nH]c3=O)NC(=O)C2C#N)cc1. The lowest BCUT2D eigenvalue weighted by Gasteiger charge is -2.33. The summed E-state index contributed by atoms with van der Waals surface area (Å²) in [6, 6.07) is 9.63. The molecule has 0 saturated carbocycles. The average Bonchev–Trinajstić information content (AvgIpc) is 2.68. The van der Waals surface area contributed by atoms with Crippen molar-refractivity contribution < 1.29 is 4.79 Å². The molecule has 7 heteroatoms. The summed E-state index contributed by atoms with van der Waals surface area (Å²) in [5.74, 6) is -0.631. The van der Waals surface area contributed by atoms with Crippen molar-refractivity contribution in [3.63, 3.8) is 0 Å². The molecule has 2 atom stereocenters. The van der Waals surface area contributed by atoms with Gasteiger partial charge in [-0.25, -0.2) is 0 Å². The number of anilines is 2. The Bertz CT molecular complexity index is 997. The molecule has 1 aromatic carbocycles. The van der Waals surface area contributed by atoms with Crippen LogP contribution in [0.2, 0.25) is 0 Å². The number of amides is 1. The highest BCUT2D eigenvalue weighted by molar-refractivity contribution is 5.97. The zero-order valence-electron chi connectivity index (χ0n) is 16.0. The van der Waals surface area contributed by atoms with E-state index in [9.17, 15) is 14.9 Å². The van der Waals surface area contributed by atoms with Gasteiger partial charge < -0.3 is 10.2 Å². The van der Waals surface area contributed by atoms with Crippen molar-refractivity contribution >= 4 is 17.7 Å². The Hall–Kier alpha value is -3.14. The van der Waals surface area contributed by atoms with Crippen LogP contribution in [0.1, 0.15) is 42.4 Å². The Balaban J connectivity index is 1.80. The van der Waals surface area contributed by atoms with Crippen LogP contribution in [0.4, 0.5) is 11.8 Å². The van der Waals surface area contributed by atoms with Crippen LogP contribution in [0.25, 0.3) is 0 Å². The van der Waals surface area contributed by atoms with Crippen molar-refractivity contribution in [1.82, 2.24) is 9.97 Å². The molecule has 2 aliphatic heterocycles. The summed E-state index contributed by atoms with van der Waals surface area (Å²) >= 11 is 0. The predicted octanol–water partition coefficient (Wildman–Crippen LogP) is 2.54. The lowest BCUT2D eigenvalue weighted by atomic mass is 9.79. The minimum atomic E-state index is -0.972. The fraction of sp³-hybridized carbons (Fsp3) is 0.429. The smallest absolute Gasteiger partial charge is 0.258 e. The van der Waals surface area contributed by atoms with E-state index in [0.717, 1.165) is 37.1 Å². The molecule has 2 aromatic rings. The van der Waals surface area contributed by atoms with E-state index in [1.54, 1.807) is 0 Å². The molecule has 144 valence electrons. The van der Waals surface area contributed by atoms with Gasteiger partial charge in [0.05, 0.1) is 11.6 Å². The molecule has 28 heavy (non-hydrogen) atoms. The van der Waals surface area contributed by atoms with Crippen molar-refractivity contribution in [2.24, 2.45) is 11.8 Å². The van der Waals surface area contributed by atoms with Gasteiger partial charge in [-0.3, -0.25) is 14.6 Å². The number of piperidine rings is 1. The Morgan fingerprint density at radius 1 is 1.18 bits per heavy atom. The zero-order valence-corrected chi connectivity index (χ0v) is 16.0. The van der Waals surface area contributed by atoms with Crippen molar-refractivity contribution in [2.45, 2.75) is 32.6 Å². The quantitative estimate of drug-likeness (QED) is 0.837. The molecule has 3 heterocycles. The summed E-state index contributed by atoms with van der Waals surface area (Å²) in [7, 11) is 0. The third-order valence-electron chi connectivity index (χ3n) is 5.77. The monoisotopic (exact) mass is 377 g/mol. The predicted molar refractivity (Wildman–Crippen MR) is 106 cm³/mol. The molecule has 7 nitrogen and oxygen atoms in total. The van der Waals surface area contributed by atoms with Gasteiger partial charge in [-0.05, 0) is 31.2 Å². The molecule has 0 aliphatic carbocycles. The number of carbonyl (C=O) groups excluding carboxylic acids is 1. The third kappa shape index (κ3) is 3.15. The summed E-state index contributed by atoms with van der Waals surface area (Å²) in [4.78, 5) is 35.1. The van der Waals surface area contributed by atoms with Crippen molar-refractivity contribution in [3.05, 3.63) is 51.3 Å². The Morgan fingerprint density at radius 3 is 2.50 bits per heavy atom. The van der Waals surface area contributed by atoms with Crippen LogP contribution in [0.5, 0.6) is 0 Å². The maximum Gasteiger partial charge on any atom is 0.258 e. The van der Waals surface area contributed by atoms with E-state index < -0.39 is 17.7 Å². The van der Waals surface area contributed by atoms with E-state index in [2.05, 4.69) is 28.3 Å². The first-order valence-corrected chi connectivity index (χ1v) is 9.64. The zero-order chi connectivity index (χ0) is 19.8. The fourth-order valence-corrected chi connectivity index (χ4v) is 4.00. The summed E-state index contributed by atoms with van der Waals surface area (Å²) in [6.07, 6.45) is 2.07. The highest BCUT2D eigenvalue weighted by Gasteiger charge is 2.40. The highest BCUT2D eigenvalue weighted by Crippen LogP contribution is 2.38. The van der Waals surface area contributed by atoms with Crippen LogP contribution in [-0.4, -0.2) is 29.0 Å². The number of carbonyl (C=O) groups is 1. The van der Waals surface area contributed by atoms with Crippen molar-refractivity contribution in [3.8, 4) is 6.07 Å². The minimum Gasteiger partial charge on any atom is -0.342 e. The van der Waals surface area contributed by atoms with E-state index in [-0.39, 0.29) is 11.4 Å². The van der Waals surface area contributed by atoms with Crippen LogP contribution in [0.3, 0.4) is 0 Å². The van der Waals surface area contributed by atoms with Gasteiger partial charge in [0.1, 0.15) is 11.7 Å². The maximum absolute atomic E-state index is 13.0. The lowest BCUT2D eigenvalue weighted by Crippen LogP contribution is -2.40. The maximum atomic E-state index is 13.0. The van der Waals surface area contributed by atoms with E-state index in [4.69, 9.17) is 0 Å². The van der Waals surface area contributed by atoms with Crippen molar-refractivity contribution in [2.75, 3.05) is 23.3 Å². The Kier molecular flexibility index (Phi) is 4.63. The standard InChI is InChI=1S/C21H23N5O2/c1-12-3-5-14(6-4-12)16-15(11-22)19(27)23-18-17(16)20(28)25-21(24-18)26-9-7-13(2)8-10-26/h3-6,13,15-16H,7-10H2,1-2H3,(H2,23,24,25,27,28). The number of nitriles is 1. The second-order valence-electron chi connectivity index (χ2n) is 7.81. The second-order valence-corrected chi connectivity index (χ2v) is 7.81. The third-order valence-corrected chi connectivity index (χ3v) is 5.77. The number of rotatable bonds is 2. The van der Waals surface area contributed by atoms with Crippen LogP contribution >= 0.6 is 0 Å². The lowest BCUT2D eigenvalue weighted by molar-refractivity contribution is -0.119. The number of aromatic amines is 1. The number of hydrogen-bond acceptors (Lipinski definition) is 5. The molecule has 1 aromatic heterocycles. The van der Waals surface area contributed by atoms with E-state index >= 15 is 0 Å². The van der Waals surface area contributed by atoms with E-state index in [1.807, 2.05) is 36.1 Å². The summed E-state index contributed by atoms with van der Waals surface area (Å²) in [5, 5.41) is 12.3. The summed E-state index contributed by atoms with van der Waals surface area (Å²) in [5.41, 5.74) is 1.88. The van der Waals surface area contributed by atoms with Crippen LogP contribution < -0.4 is 15.8 Å².